The van der Waals surface area contributed by atoms with E-state index in [0.29, 0.717) is 16.9 Å². The molecule has 1 heterocycles. The van der Waals surface area contributed by atoms with Crippen molar-refractivity contribution in [2.45, 2.75) is 19.4 Å². The van der Waals surface area contributed by atoms with E-state index in [0.717, 1.165) is 0 Å². The van der Waals surface area contributed by atoms with Crippen molar-refractivity contribution in [1.82, 2.24) is 0 Å². The van der Waals surface area contributed by atoms with Gasteiger partial charge < -0.3 is 10.1 Å². The molecule has 0 aromatic heterocycles. The van der Waals surface area contributed by atoms with Crippen molar-refractivity contribution in [3.63, 3.8) is 0 Å². The predicted octanol–water partition coefficient (Wildman–Crippen LogP) is 0.590. The zero-order chi connectivity index (χ0) is 10.3. The molecule has 1 aliphatic rings. The molecule has 1 aromatic carbocycles. The molecule has 0 unspecified atom stereocenters. The van der Waals surface area contributed by atoms with Gasteiger partial charge in [0.25, 0.3) is 5.91 Å². The van der Waals surface area contributed by atoms with E-state index in [9.17, 15) is 4.79 Å². The zero-order valence-corrected chi connectivity index (χ0v) is 8.13. The summed E-state index contributed by atoms with van der Waals surface area (Å²) in [7, 11) is 5.61. The molecule has 0 aliphatic carbocycles. The fourth-order valence-electron chi connectivity index (χ4n) is 1.32. The van der Waals surface area contributed by atoms with Gasteiger partial charge in [-0.3, -0.25) is 4.79 Å². The summed E-state index contributed by atoms with van der Waals surface area (Å²) in [5.41, 5.74) is 0.458. The molecule has 14 heavy (non-hydrogen) atoms. The SMILES string of the molecule is [B]c1ccc2c(c1)OC(C)(C)C(=O)N2. The fourth-order valence-corrected chi connectivity index (χ4v) is 1.32. The first-order valence-corrected chi connectivity index (χ1v) is 4.39. The average Bonchev–Trinajstić information content (AvgIpc) is 2.07. The molecule has 3 nitrogen and oxygen atoms in total. The summed E-state index contributed by atoms with van der Waals surface area (Å²) < 4.78 is 5.52. The van der Waals surface area contributed by atoms with E-state index in [1.54, 1.807) is 32.0 Å². The number of benzene rings is 1. The Bertz CT molecular complexity index is 401. The summed E-state index contributed by atoms with van der Waals surface area (Å²) >= 11 is 0. The van der Waals surface area contributed by atoms with Crippen molar-refractivity contribution in [2.24, 2.45) is 0 Å². The van der Waals surface area contributed by atoms with Gasteiger partial charge in [-0.2, -0.15) is 0 Å². The Balaban J connectivity index is 2.46. The number of hydrogen-bond donors (Lipinski definition) is 1. The third kappa shape index (κ3) is 1.37. The Hall–Kier alpha value is -1.45. The van der Waals surface area contributed by atoms with Gasteiger partial charge in [0.2, 0.25) is 0 Å². The molecular formula is C10H10BNO2. The lowest BCUT2D eigenvalue weighted by molar-refractivity contribution is -0.129. The van der Waals surface area contributed by atoms with Crippen LogP contribution in [0, 0.1) is 0 Å². The lowest BCUT2D eigenvalue weighted by atomic mass is 9.95. The summed E-state index contributed by atoms with van der Waals surface area (Å²) in [5.74, 6) is 0.476. The first-order chi connectivity index (χ1) is 6.49. The Morgan fingerprint density at radius 2 is 2.14 bits per heavy atom. The molecule has 1 amide bonds. The van der Waals surface area contributed by atoms with Crippen LogP contribution < -0.4 is 15.5 Å². The Morgan fingerprint density at radius 3 is 2.86 bits per heavy atom. The van der Waals surface area contributed by atoms with Crippen LogP contribution in [-0.4, -0.2) is 19.4 Å². The second-order valence-corrected chi connectivity index (χ2v) is 3.82. The maximum Gasteiger partial charge on any atom is 0.268 e. The topological polar surface area (TPSA) is 38.3 Å². The molecule has 4 heteroatoms. The minimum atomic E-state index is -0.833. The number of carbonyl (C=O) groups is 1. The maximum atomic E-state index is 11.5. The fraction of sp³-hybridized carbons (Fsp3) is 0.300. The van der Waals surface area contributed by atoms with Gasteiger partial charge in [0.05, 0.1) is 5.69 Å². The minimum Gasteiger partial charge on any atom is -0.476 e. The summed E-state index contributed by atoms with van der Waals surface area (Å²) in [6.07, 6.45) is 0. The van der Waals surface area contributed by atoms with Crippen LogP contribution in [0.25, 0.3) is 0 Å². The van der Waals surface area contributed by atoms with Crippen molar-refractivity contribution < 1.29 is 9.53 Å². The molecule has 0 atom stereocenters. The maximum absolute atomic E-state index is 11.5. The normalized spacial score (nSPS) is 18.0. The summed E-state index contributed by atoms with van der Waals surface area (Å²) in [4.78, 5) is 11.5. The molecule has 1 N–H and O–H groups in total. The molecule has 70 valence electrons. The van der Waals surface area contributed by atoms with Gasteiger partial charge in [-0.05, 0) is 26.0 Å². The Kier molecular flexibility index (Phi) is 1.81. The van der Waals surface area contributed by atoms with Crippen molar-refractivity contribution in [1.29, 1.82) is 0 Å². The molecule has 0 fully saturated rings. The third-order valence-electron chi connectivity index (χ3n) is 2.17. The van der Waals surface area contributed by atoms with Gasteiger partial charge in [0.1, 0.15) is 13.6 Å². The van der Waals surface area contributed by atoms with E-state index < -0.39 is 5.60 Å². The highest BCUT2D eigenvalue weighted by Crippen LogP contribution is 2.31. The van der Waals surface area contributed by atoms with E-state index >= 15 is 0 Å². The first kappa shape index (κ1) is 9.12. The van der Waals surface area contributed by atoms with E-state index in [-0.39, 0.29) is 5.91 Å². The summed E-state index contributed by atoms with van der Waals surface area (Å²) in [6.45, 7) is 3.43. The van der Waals surface area contributed by atoms with Crippen LogP contribution >= 0.6 is 0 Å². The monoisotopic (exact) mass is 187 g/mol. The van der Waals surface area contributed by atoms with Crippen molar-refractivity contribution in [3.05, 3.63) is 18.2 Å². The summed E-state index contributed by atoms with van der Waals surface area (Å²) in [6, 6.07) is 5.16. The molecule has 1 aromatic rings. The van der Waals surface area contributed by atoms with Crippen LogP contribution in [0.3, 0.4) is 0 Å². The first-order valence-electron chi connectivity index (χ1n) is 4.39. The molecule has 1 aliphatic heterocycles. The largest absolute Gasteiger partial charge is 0.476 e. The van der Waals surface area contributed by atoms with Crippen molar-refractivity contribution in [2.75, 3.05) is 5.32 Å². The second-order valence-electron chi connectivity index (χ2n) is 3.82. The van der Waals surface area contributed by atoms with Crippen molar-refractivity contribution in [3.8, 4) is 5.75 Å². The third-order valence-corrected chi connectivity index (χ3v) is 2.17. The number of nitrogens with one attached hydrogen (secondary N) is 1. The van der Waals surface area contributed by atoms with Gasteiger partial charge in [-0.15, -0.1) is 0 Å². The molecule has 0 bridgehead atoms. The number of anilines is 1. The zero-order valence-electron chi connectivity index (χ0n) is 8.13. The van der Waals surface area contributed by atoms with Crippen LogP contribution in [0.15, 0.2) is 18.2 Å². The van der Waals surface area contributed by atoms with E-state index in [4.69, 9.17) is 12.6 Å². The average molecular weight is 187 g/mol. The van der Waals surface area contributed by atoms with E-state index in [1.807, 2.05) is 0 Å². The molecule has 0 spiro atoms. The number of carbonyl (C=O) groups excluding carboxylic acids is 1. The standard InChI is InChI=1S/C10H10BNO2/c1-10(2)9(13)12-7-4-3-6(11)5-8(7)14-10/h3-5H,1-2H3,(H,12,13). The number of hydrogen-bond acceptors (Lipinski definition) is 2. The van der Waals surface area contributed by atoms with Gasteiger partial charge in [0.15, 0.2) is 5.60 Å². The number of ether oxygens (including phenoxy) is 1. The van der Waals surface area contributed by atoms with Gasteiger partial charge in [0, 0.05) is 0 Å². The lowest BCUT2D eigenvalue weighted by Crippen LogP contribution is -2.45. The molecular weight excluding hydrogens is 177 g/mol. The highest BCUT2D eigenvalue weighted by atomic mass is 16.5. The van der Waals surface area contributed by atoms with Crippen LogP contribution in [0.5, 0.6) is 5.75 Å². The van der Waals surface area contributed by atoms with Crippen LogP contribution in [-0.2, 0) is 4.79 Å². The molecule has 0 saturated heterocycles. The van der Waals surface area contributed by atoms with Crippen LogP contribution in [0.1, 0.15) is 13.8 Å². The number of fused-ring (bicyclic) bond motifs is 1. The Morgan fingerprint density at radius 1 is 1.43 bits per heavy atom. The van der Waals surface area contributed by atoms with Gasteiger partial charge >= 0.3 is 0 Å². The quantitative estimate of drug-likeness (QED) is 0.603. The number of amides is 1. The predicted molar refractivity (Wildman–Crippen MR) is 55.2 cm³/mol. The highest BCUT2D eigenvalue weighted by Gasteiger charge is 2.35. The highest BCUT2D eigenvalue weighted by molar-refractivity contribution is 6.32. The molecule has 2 radical (unpaired) electrons. The Labute approximate surface area is 83.9 Å². The van der Waals surface area contributed by atoms with Crippen LogP contribution in [0.4, 0.5) is 5.69 Å². The molecule has 0 saturated carbocycles. The van der Waals surface area contributed by atoms with Gasteiger partial charge in [-0.25, -0.2) is 0 Å². The van der Waals surface area contributed by atoms with E-state index in [1.165, 1.54) is 0 Å². The van der Waals surface area contributed by atoms with Crippen LogP contribution in [0.2, 0.25) is 0 Å². The van der Waals surface area contributed by atoms with Crippen molar-refractivity contribution >= 4 is 24.9 Å². The van der Waals surface area contributed by atoms with Gasteiger partial charge in [-0.1, -0.05) is 11.5 Å². The van der Waals surface area contributed by atoms with E-state index in [2.05, 4.69) is 5.32 Å². The minimum absolute atomic E-state index is 0.144. The smallest absolute Gasteiger partial charge is 0.268 e. The molecule has 2 rings (SSSR count). The lowest BCUT2D eigenvalue weighted by Gasteiger charge is -2.31. The summed E-state index contributed by atoms with van der Waals surface area (Å²) in [5, 5.41) is 2.76. The second kappa shape index (κ2) is 2.77. The number of rotatable bonds is 0.